The number of unbranched alkanes of at least 4 members (excludes halogenated alkanes) is 2. The predicted octanol–water partition coefficient (Wildman–Crippen LogP) is 1.39. The van der Waals surface area contributed by atoms with Crippen LogP contribution in [0.4, 0.5) is 8.78 Å². The first-order valence-electron chi connectivity index (χ1n) is 4.35. The first kappa shape index (κ1) is 11.8. The second-order valence-corrected chi connectivity index (χ2v) is 2.81. The van der Waals surface area contributed by atoms with E-state index >= 15 is 0 Å². The van der Waals surface area contributed by atoms with Crippen LogP contribution in [0.1, 0.15) is 26.2 Å². The van der Waals surface area contributed by atoms with Crippen LogP contribution >= 0.6 is 0 Å². The van der Waals surface area contributed by atoms with Crippen LogP contribution in [0.3, 0.4) is 0 Å². The predicted molar refractivity (Wildman–Crippen MR) is 44.4 cm³/mol. The van der Waals surface area contributed by atoms with Crippen molar-refractivity contribution in [3.63, 3.8) is 0 Å². The molecule has 0 aliphatic rings. The average molecular weight is 181 g/mol. The van der Waals surface area contributed by atoms with Crippen LogP contribution in [0.25, 0.3) is 0 Å². The molecule has 0 amide bonds. The Bertz CT molecular complexity index is 101. The molecule has 0 radical (unpaired) electrons. The Morgan fingerprint density at radius 1 is 1.33 bits per heavy atom. The summed E-state index contributed by atoms with van der Waals surface area (Å²) in [4.78, 5) is 0. The number of aliphatic hydroxyl groups is 1. The number of rotatable bonds is 7. The lowest BCUT2D eigenvalue weighted by molar-refractivity contribution is -0.00317. The number of nitrogens with one attached hydrogen (secondary N) is 1. The van der Waals surface area contributed by atoms with E-state index in [1.807, 2.05) is 0 Å². The monoisotopic (exact) mass is 181 g/mol. The van der Waals surface area contributed by atoms with Crippen LogP contribution in [0.15, 0.2) is 0 Å². The van der Waals surface area contributed by atoms with Crippen LogP contribution in [0.5, 0.6) is 0 Å². The van der Waals surface area contributed by atoms with E-state index in [2.05, 4.69) is 12.2 Å². The minimum absolute atomic E-state index is 0.0125. The summed E-state index contributed by atoms with van der Waals surface area (Å²) < 4.78 is 23.4. The van der Waals surface area contributed by atoms with E-state index in [0.29, 0.717) is 6.54 Å². The average Bonchev–Trinajstić information content (AvgIpc) is 2.03. The number of hydrogen-bond donors (Lipinski definition) is 2. The van der Waals surface area contributed by atoms with Crippen molar-refractivity contribution in [1.82, 2.24) is 5.32 Å². The summed E-state index contributed by atoms with van der Waals surface area (Å²) in [6.45, 7) is 2.77. The molecule has 1 atom stereocenters. The van der Waals surface area contributed by atoms with Gasteiger partial charge in [-0.2, -0.15) is 0 Å². The summed E-state index contributed by atoms with van der Waals surface area (Å²) in [6.07, 6.45) is -0.973. The largest absolute Gasteiger partial charge is 0.386 e. The molecule has 0 saturated carbocycles. The molecule has 12 heavy (non-hydrogen) atoms. The van der Waals surface area contributed by atoms with E-state index < -0.39 is 12.5 Å². The van der Waals surface area contributed by atoms with Gasteiger partial charge in [-0.1, -0.05) is 19.8 Å². The van der Waals surface area contributed by atoms with Gasteiger partial charge < -0.3 is 10.4 Å². The van der Waals surface area contributed by atoms with Crippen molar-refractivity contribution in [2.75, 3.05) is 13.1 Å². The third-order valence-corrected chi connectivity index (χ3v) is 1.60. The molecule has 0 aliphatic carbocycles. The number of alkyl halides is 2. The van der Waals surface area contributed by atoms with E-state index in [9.17, 15) is 8.78 Å². The molecule has 74 valence electrons. The van der Waals surface area contributed by atoms with Gasteiger partial charge in [-0.05, 0) is 13.0 Å². The van der Waals surface area contributed by atoms with Gasteiger partial charge in [-0.15, -0.1) is 0 Å². The van der Waals surface area contributed by atoms with Gasteiger partial charge in [0.15, 0.2) is 0 Å². The van der Waals surface area contributed by atoms with Gasteiger partial charge >= 0.3 is 0 Å². The maximum Gasteiger partial charge on any atom is 0.265 e. The molecule has 0 heterocycles. The van der Waals surface area contributed by atoms with Gasteiger partial charge in [0.1, 0.15) is 6.10 Å². The molecule has 0 saturated heterocycles. The fourth-order valence-corrected chi connectivity index (χ4v) is 0.839. The number of aliphatic hydroxyl groups excluding tert-OH is 1. The van der Waals surface area contributed by atoms with Crippen molar-refractivity contribution < 1.29 is 13.9 Å². The lowest BCUT2D eigenvalue weighted by atomic mass is 10.2. The molecule has 0 aromatic carbocycles. The van der Waals surface area contributed by atoms with Crippen LogP contribution < -0.4 is 5.32 Å². The molecule has 4 heteroatoms. The molecule has 0 aliphatic heterocycles. The third kappa shape index (κ3) is 6.49. The van der Waals surface area contributed by atoms with Crippen molar-refractivity contribution >= 4 is 0 Å². The maximum atomic E-state index is 11.7. The summed E-state index contributed by atoms with van der Waals surface area (Å²) in [5.41, 5.74) is 0. The summed E-state index contributed by atoms with van der Waals surface area (Å²) in [7, 11) is 0. The zero-order valence-corrected chi connectivity index (χ0v) is 7.39. The Morgan fingerprint density at radius 3 is 2.50 bits per heavy atom. The highest BCUT2D eigenvalue weighted by atomic mass is 19.3. The van der Waals surface area contributed by atoms with Gasteiger partial charge in [-0.25, -0.2) is 8.78 Å². The Balaban J connectivity index is 3.08. The SMILES string of the molecule is CCCCCNCC(O)C(F)F. The summed E-state index contributed by atoms with van der Waals surface area (Å²) in [5, 5.41) is 11.4. The first-order chi connectivity index (χ1) is 5.68. The van der Waals surface area contributed by atoms with E-state index in [1.165, 1.54) is 0 Å². The van der Waals surface area contributed by atoms with Gasteiger partial charge in [0, 0.05) is 6.54 Å². The maximum absolute atomic E-state index is 11.7. The molecule has 0 spiro atoms. The standard InChI is InChI=1S/C8H17F2NO/c1-2-3-4-5-11-6-7(12)8(9)10/h7-8,11-12H,2-6H2,1H3. The molecule has 0 aromatic rings. The zero-order chi connectivity index (χ0) is 9.40. The Labute approximate surface area is 72.0 Å². The summed E-state index contributed by atoms with van der Waals surface area (Å²) in [5.74, 6) is 0. The van der Waals surface area contributed by atoms with Crippen molar-refractivity contribution in [3.8, 4) is 0 Å². The second kappa shape index (κ2) is 7.43. The number of halogens is 2. The van der Waals surface area contributed by atoms with Crippen molar-refractivity contribution in [1.29, 1.82) is 0 Å². The molecule has 1 unspecified atom stereocenters. The van der Waals surface area contributed by atoms with Crippen LogP contribution in [-0.2, 0) is 0 Å². The molecule has 0 bridgehead atoms. The van der Waals surface area contributed by atoms with Crippen LogP contribution in [-0.4, -0.2) is 30.7 Å². The normalized spacial score (nSPS) is 13.8. The highest BCUT2D eigenvalue weighted by molar-refractivity contribution is 4.60. The molecular weight excluding hydrogens is 164 g/mol. The Hall–Kier alpha value is -0.220. The van der Waals surface area contributed by atoms with Crippen LogP contribution in [0.2, 0.25) is 0 Å². The molecular formula is C8H17F2NO. The number of hydrogen-bond acceptors (Lipinski definition) is 2. The second-order valence-electron chi connectivity index (χ2n) is 2.81. The summed E-state index contributed by atoms with van der Waals surface area (Å²) in [6, 6.07) is 0. The minimum atomic E-state index is -2.64. The van der Waals surface area contributed by atoms with Crippen molar-refractivity contribution in [3.05, 3.63) is 0 Å². The smallest absolute Gasteiger partial charge is 0.265 e. The highest BCUT2D eigenvalue weighted by Gasteiger charge is 2.15. The molecule has 2 N–H and O–H groups in total. The van der Waals surface area contributed by atoms with Gasteiger partial charge in [0.25, 0.3) is 6.43 Å². The van der Waals surface area contributed by atoms with E-state index in [-0.39, 0.29) is 6.54 Å². The van der Waals surface area contributed by atoms with Gasteiger partial charge in [0.2, 0.25) is 0 Å². The molecule has 0 aromatic heterocycles. The van der Waals surface area contributed by atoms with Crippen molar-refractivity contribution in [2.24, 2.45) is 0 Å². The molecule has 0 rings (SSSR count). The Morgan fingerprint density at radius 2 is 2.00 bits per heavy atom. The van der Waals surface area contributed by atoms with E-state index in [4.69, 9.17) is 5.11 Å². The van der Waals surface area contributed by atoms with Gasteiger partial charge in [-0.3, -0.25) is 0 Å². The quantitative estimate of drug-likeness (QED) is 0.582. The highest BCUT2D eigenvalue weighted by Crippen LogP contribution is 1.98. The molecule has 0 fully saturated rings. The van der Waals surface area contributed by atoms with E-state index in [1.54, 1.807) is 0 Å². The first-order valence-corrected chi connectivity index (χ1v) is 4.35. The zero-order valence-electron chi connectivity index (χ0n) is 7.39. The van der Waals surface area contributed by atoms with Crippen LogP contribution in [0, 0.1) is 0 Å². The Kier molecular flexibility index (Phi) is 7.29. The van der Waals surface area contributed by atoms with E-state index in [0.717, 1.165) is 19.3 Å². The lowest BCUT2D eigenvalue weighted by Crippen LogP contribution is -2.32. The topological polar surface area (TPSA) is 32.3 Å². The fourth-order valence-electron chi connectivity index (χ4n) is 0.839. The van der Waals surface area contributed by atoms with Crippen molar-refractivity contribution in [2.45, 2.75) is 38.7 Å². The fraction of sp³-hybridized carbons (Fsp3) is 1.00. The molecule has 2 nitrogen and oxygen atoms in total. The lowest BCUT2D eigenvalue weighted by Gasteiger charge is -2.09. The summed E-state index contributed by atoms with van der Waals surface area (Å²) >= 11 is 0. The van der Waals surface area contributed by atoms with Gasteiger partial charge in [0.05, 0.1) is 0 Å². The minimum Gasteiger partial charge on any atom is -0.386 e. The third-order valence-electron chi connectivity index (χ3n) is 1.60.